The first-order chi connectivity index (χ1) is 15.9. The minimum atomic E-state index is -1.19. The first-order valence-electron chi connectivity index (χ1n) is 10.3. The lowest BCUT2D eigenvalue weighted by molar-refractivity contribution is -0.119. The number of halogens is 1. The average molecular weight is 468 g/mol. The van der Waals surface area contributed by atoms with E-state index in [1.165, 1.54) is 17.9 Å². The van der Waals surface area contributed by atoms with Gasteiger partial charge in [-0.3, -0.25) is 14.7 Å². The summed E-state index contributed by atoms with van der Waals surface area (Å²) in [6, 6.07) is 15.2. The van der Waals surface area contributed by atoms with Gasteiger partial charge in [0.1, 0.15) is 17.7 Å². The maximum Gasteiger partial charge on any atom is 0.414 e. The Bertz CT molecular complexity index is 1140. The average Bonchev–Trinajstić information content (AvgIpc) is 3.19. The Balaban J connectivity index is 1.44. The van der Waals surface area contributed by atoms with Crippen LogP contribution in [0.25, 0.3) is 11.1 Å². The van der Waals surface area contributed by atoms with Crippen LogP contribution in [0.4, 0.5) is 14.9 Å². The summed E-state index contributed by atoms with van der Waals surface area (Å²) in [4.78, 5) is 29.2. The number of cyclic esters (lactones) is 1. The number of nitrogens with zero attached hydrogens (tertiary/aromatic N) is 2. The van der Waals surface area contributed by atoms with E-state index in [4.69, 9.17) is 4.74 Å². The van der Waals surface area contributed by atoms with Crippen LogP contribution in [0.2, 0.25) is 0 Å². The summed E-state index contributed by atoms with van der Waals surface area (Å²) < 4.78 is 32.6. The Morgan fingerprint density at radius 3 is 2.61 bits per heavy atom. The molecule has 4 rings (SSSR count). The monoisotopic (exact) mass is 467 g/mol. The molecular weight excluding hydrogens is 445 g/mol. The van der Waals surface area contributed by atoms with Gasteiger partial charge in [0.2, 0.25) is 5.91 Å². The van der Waals surface area contributed by atoms with Gasteiger partial charge in [-0.05, 0) is 34.9 Å². The number of hydrogen-bond donors (Lipinski definition) is 1. The maximum atomic E-state index is 14.9. The lowest BCUT2D eigenvalue weighted by Gasteiger charge is -2.15. The number of amides is 2. The van der Waals surface area contributed by atoms with Crippen molar-refractivity contribution in [1.82, 2.24) is 10.3 Å². The van der Waals surface area contributed by atoms with Gasteiger partial charge < -0.3 is 14.6 Å². The number of rotatable bonds is 7. The molecule has 1 fully saturated rings. The van der Waals surface area contributed by atoms with Crippen LogP contribution in [0.1, 0.15) is 12.5 Å². The van der Waals surface area contributed by atoms with Gasteiger partial charge >= 0.3 is 6.09 Å². The molecule has 2 heterocycles. The summed E-state index contributed by atoms with van der Waals surface area (Å²) in [7, 11) is 0. The lowest BCUT2D eigenvalue weighted by atomic mass is 10.0. The fourth-order valence-corrected chi connectivity index (χ4v) is 4.59. The molecule has 0 saturated carbocycles. The zero-order valence-electron chi connectivity index (χ0n) is 17.9. The largest absolute Gasteiger partial charge is 0.611 e. The van der Waals surface area contributed by atoms with E-state index in [9.17, 15) is 18.5 Å². The Hall–Kier alpha value is -3.43. The van der Waals surface area contributed by atoms with Crippen molar-refractivity contribution in [2.75, 3.05) is 18.0 Å². The Morgan fingerprint density at radius 2 is 1.94 bits per heavy atom. The maximum absolute atomic E-state index is 14.9. The quantitative estimate of drug-likeness (QED) is 0.535. The Labute approximate surface area is 193 Å². The highest BCUT2D eigenvalue weighted by Gasteiger charge is 2.32. The number of anilines is 1. The molecule has 170 valence electrons. The topological polar surface area (TPSA) is 94.6 Å². The number of ether oxygens (including phenoxy) is 1. The van der Waals surface area contributed by atoms with Gasteiger partial charge in [0, 0.05) is 42.6 Å². The van der Waals surface area contributed by atoms with Gasteiger partial charge in [-0.25, -0.2) is 9.18 Å². The molecule has 2 amide bonds. The highest BCUT2D eigenvalue weighted by molar-refractivity contribution is 7.90. The SMILES string of the molecule is CC(=O)NC[C@H]1CN(c2ccc(-c3ccc(C[S+]([O-])c4ccncc4)cc3)c(F)c2)C(=O)O1. The van der Waals surface area contributed by atoms with Crippen molar-refractivity contribution in [2.45, 2.75) is 23.7 Å². The molecule has 0 radical (unpaired) electrons. The molecule has 9 heteroatoms. The molecule has 1 aromatic heterocycles. The second-order valence-corrected chi connectivity index (χ2v) is 9.04. The molecule has 1 aliphatic rings. The van der Waals surface area contributed by atoms with Crippen molar-refractivity contribution in [2.24, 2.45) is 0 Å². The van der Waals surface area contributed by atoms with E-state index in [-0.39, 0.29) is 19.0 Å². The van der Waals surface area contributed by atoms with E-state index in [1.807, 2.05) is 12.1 Å². The van der Waals surface area contributed by atoms with Crippen LogP contribution in [0.15, 0.2) is 71.9 Å². The summed E-state index contributed by atoms with van der Waals surface area (Å²) in [5.41, 5.74) is 2.32. The fraction of sp³-hybridized carbons (Fsp3) is 0.208. The van der Waals surface area contributed by atoms with Crippen LogP contribution in [0.3, 0.4) is 0 Å². The first kappa shape index (κ1) is 22.8. The minimum absolute atomic E-state index is 0.205. The van der Waals surface area contributed by atoms with Gasteiger partial charge in [-0.2, -0.15) is 0 Å². The van der Waals surface area contributed by atoms with Crippen molar-refractivity contribution in [1.29, 1.82) is 0 Å². The molecule has 0 bridgehead atoms. The van der Waals surface area contributed by atoms with Crippen molar-refractivity contribution in [3.8, 4) is 11.1 Å². The lowest BCUT2D eigenvalue weighted by Crippen LogP contribution is -2.33. The van der Waals surface area contributed by atoms with Gasteiger partial charge in [-0.1, -0.05) is 24.3 Å². The van der Waals surface area contributed by atoms with E-state index >= 15 is 0 Å². The molecule has 33 heavy (non-hydrogen) atoms. The van der Waals surface area contributed by atoms with Crippen LogP contribution < -0.4 is 10.2 Å². The molecule has 1 saturated heterocycles. The standard InChI is InChI=1S/C24H22FN3O4S/c1-16(29)27-13-20-14-28(24(30)32-20)19-6-7-22(23(25)12-19)18-4-2-17(3-5-18)15-33(31)21-8-10-26-11-9-21/h2-12,20H,13-15H2,1H3,(H,27,29)/t20-,33?/m0/s1. The number of aromatic nitrogens is 1. The molecule has 1 unspecified atom stereocenters. The zero-order valence-corrected chi connectivity index (χ0v) is 18.7. The van der Waals surface area contributed by atoms with Crippen LogP contribution in [0, 0.1) is 5.82 Å². The summed E-state index contributed by atoms with van der Waals surface area (Å²) in [6.07, 6.45) is 2.14. The minimum Gasteiger partial charge on any atom is -0.611 e. The molecule has 3 aromatic rings. The van der Waals surface area contributed by atoms with E-state index in [0.29, 0.717) is 27.5 Å². The Kier molecular flexibility index (Phi) is 6.90. The first-order valence-corrected chi connectivity index (χ1v) is 11.6. The summed E-state index contributed by atoms with van der Waals surface area (Å²) in [5.74, 6) is -0.337. The normalized spacial score (nSPS) is 16.4. The van der Waals surface area contributed by atoms with E-state index in [2.05, 4.69) is 10.3 Å². The molecule has 2 atom stereocenters. The summed E-state index contributed by atoms with van der Waals surface area (Å²) >= 11 is -1.19. The number of carbonyl (C=O) groups excluding carboxylic acids is 2. The smallest absolute Gasteiger partial charge is 0.414 e. The molecule has 7 nitrogen and oxygen atoms in total. The van der Waals surface area contributed by atoms with Crippen LogP contribution in [-0.2, 0) is 26.5 Å². The molecule has 1 N–H and O–H groups in total. The van der Waals surface area contributed by atoms with E-state index in [0.717, 1.165) is 5.56 Å². The molecule has 0 aliphatic carbocycles. The van der Waals surface area contributed by atoms with E-state index < -0.39 is 29.2 Å². The highest BCUT2D eigenvalue weighted by atomic mass is 32.2. The van der Waals surface area contributed by atoms with Gasteiger partial charge in [-0.15, -0.1) is 0 Å². The molecule has 2 aromatic carbocycles. The second kappa shape index (κ2) is 10.0. The molecular formula is C24H22FN3O4S. The number of hydrogen-bond acceptors (Lipinski definition) is 5. The number of carbonyl (C=O) groups is 2. The highest BCUT2D eigenvalue weighted by Crippen LogP contribution is 2.29. The number of benzene rings is 2. The predicted octanol–water partition coefficient (Wildman–Crippen LogP) is 3.66. The molecule has 0 spiro atoms. The van der Waals surface area contributed by atoms with Crippen molar-refractivity contribution >= 4 is 28.9 Å². The van der Waals surface area contributed by atoms with Gasteiger partial charge in [0.05, 0.1) is 18.8 Å². The third kappa shape index (κ3) is 5.50. The van der Waals surface area contributed by atoms with Crippen molar-refractivity contribution in [3.63, 3.8) is 0 Å². The number of nitrogens with one attached hydrogen (secondary N) is 1. The number of pyridine rings is 1. The summed E-state index contributed by atoms with van der Waals surface area (Å²) in [5, 5.41) is 2.61. The van der Waals surface area contributed by atoms with Crippen LogP contribution in [-0.4, -0.2) is 40.7 Å². The van der Waals surface area contributed by atoms with Crippen LogP contribution in [0.5, 0.6) is 0 Å². The van der Waals surface area contributed by atoms with E-state index in [1.54, 1.807) is 48.8 Å². The third-order valence-electron chi connectivity index (χ3n) is 5.19. The van der Waals surface area contributed by atoms with Crippen molar-refractivity contribution < 1.29 is 23.3 Å². The zero-order chi connectivity index (χ0) is 23.4. The summed E-state index contributed by atoms with van der Waals surface area (Å²) in [6.45, 7) is 1.81. The third-order valence-corrected chi connectivity index (χ3v) is 6.59. The van der Waals surface area contributed by atoms with Crippen molar-refractivity contribution in [3.05, 3.63) is 78.4 Å². The predicted molar refractivity (Wildman–Crippen MR) is 122 cm³/mol. The van der Waals surface area contributed by atoms with Gasteiger partial charge in [0.15, 0.2) is 4.90 Å². The Morgan fingerprint density at radius 1 is 1.21 bits per heavy atom. The van der Waals surface area contributed by atoms with Crippen LogP contribution >= 0.6 is 0 Å². The fourth-order valence-electron chi connectivity index (χ4n) is 3.51. The molecule has 1 aliphatic heterocycles. The second-order valence-electron chi connectivity index (χ2n) is 7.59. The van der Waals surface area contributed by atoms with Gasteiger partial charge in [0.25, 0.3) is 0 Å².